The van der Waals surface area contributed by atoms with Crippen molar-refractivity contribution >= 4 is 17.2 Å². The van der Waals surface area contributed by atoms with E-state index in [1.54, 1.807) is 6.07 Å². The van der Waals surface area contributed by atoms with Crippen LogP contribution in [0.1, 0.15) is 18.4 Å². The summed E-state index contributed by atoms with van der Waals surface area (Å²) in [5.74, 6) is 0.471. The normalized spacial score (nSPS) is 24.1. The topological polar surface area (TPSA) is 72.7 Å². The number of anilines is 2. The van der Waals surface area contributed by atoms with Crippen LogP contribution in [0.3, 0.4) is 0 Å². The molecule has 0 aliphatic carbocycles. The number of aromatic nitrogens is 2. The highest BCUT2D eigenvalue weighted by molar-refractivity contribution is 5.64. The highest BCUT2D eigenvalue weighted by Gasteiger charge is 2.33. The molecule has 0 saturated carbocycles. The van der Waals surface area contributed by atoms with Crippen LogP contribution in [0.5, 0.6) is 5.88 Å². The Morgan fingerprint density at radius 2 is 2.07 bits per heavy atom. The summed E-state index contributed by atoms with van der Waals surface area (Å²) in [4.78, 5) is 11.7. The maximum absolute atomic E-state index is 14.2. The molecular weight excluding hydrogens is 349 g/mol. The first-order chi connectivity index (χ1) is 13.1. The lowest BCUT2D eigenvalue weighted by molar-refractivity contribution is -0.0134. The lowest BCUT2D eigenvalue weighted by Gasteiger charge is -2.39. The summed E-state index contributed by atoms with van der Waals surface area (Å²) in [5, 5.41) is 6.50. The van der Waals surface area contributed by atoms with E-state index >= 15 is 0 Å². The summed E-state index contributed by atoms with van der Waals surface area (Å²) in [7, 11) is 0. The van der Waals surface area contributed by atoms with Crippen molar-refractivity contribution in [2.24, 2.45) is 0 Å². The van der Waals surface area contributed by atoms with Gasteiger partial charge >= 0.3 is 0 Å². The number of hydrogen-bond acceptors (Lipinski definition) is 6. The Balaban J connectivity index is 1.50. The summed E-state index contributed by atoms with van der Waals surface area (Å²) < 4.78 is 25.9. The number of ether oxygens (including phenoxy) is 2. The van der Waals surface area contributed by atoms with Gasteiger partial charge in [-0.15, -0.1) is 0 Å². The molecule has 0 amide bonds. The predicted molar refractivity (Wildman–Crippen MR) is 97.9 cm³/mol. The Labute approximate surface area is 156 Å². The fraction of sp³-hybridized carbons (Fsp3) is 0.421. The molecule has 0 radical (unpaired) electrons. The van der Waals surface area contributed by atoms with Crippen LogP contribution in [0.2, 0.25) is 0 Å². The van der Waals surface area contributed by atoms with Crippen molar-refractivity contribution in [3.63, 3.8) is 0 Å². The van der Waals surface area contributed by atoms with Crippen molar-refractivity contribution in [1.29, 1.82) is 0 Å². The van der Waals surface area contributed by atoms with Gasteiger partial charge in [0.05, 0.1) is 31.0 Å². The molecule has 2 N–H and O–H groups in total. The summed E-state index contributed by atoms with van der Waals surface area (Å²) in [5.41, 5.74) is 1.22. The fourth-order valence-electron chi connectivity index (χ4n) is 3.52. The van der Waals surface area contributed by atoms with Crippen LogP contribution in [-0.4, -0.2) is 41.4 Å². The van der Waals surface area contributed by atoms with Gasteiger partial charge in [-0.2, -0.15) is 0 Å². The first-order valence-electron chi connectivity index (χ1n) is 8.88. The van der Waals surface area contributed by atoms with Crippen molar-refractivity contribution in [3.8, 4) is 5.88 Å². The second-order valence-electron chi connectivity index (χ2n) is 6.86. The first-order valence-corrected chi connectivity index (χ1v) is 8.88. The quantitative estimate of drug-likeness (QED) is 0.807. The van der Waals surface area contributed by atoms with Gasteiger partial charge in [0.1, 0.15) is 24.1 Å². The van der Waals surface area contributed by atoms with Crippen LogP contribution in [-0.2, 0) is 4.74 Å². The van der Waals surface area contributed by atoms with E-state index in [9.17, 15) is 4.39 Å². The number of nitrogens with zero attached hydrogens (tertiary/aromatic N) is 3. The molecule has 4 rings (SSSR count). The molecule has 1 aromatic heterocycles. The second-order valence-corrected chi connectivity index (χ2v) is 6.86. The van der Waals surface area contributed by atoms with E-state index in [0.717, 1.165) is 12.8 Å². The molecule has 2 aliphatic heterocycles. The molecule has 2 bridgehead atoms. The van der Waals surface area contributed by atoms with Crippen molar-refractivity contribution in [2.75, 3.05) is 18.5 Å². The van der Waals surface area contributed by atoms with Crippen molar-refractivity contribution in [2.45, 2.75) is 38.0 Å². The predicted octanol–water partition coefficient (Wildman–Crippen LogP) is 3.12. The Morgan fingerprint density at radius 3 is 2.78 bits per heavy atom. The smallest absolute Gasteiger partial charge is 0.221 e. The van der Waals surface area contributed by atoms with E-state index in [-0.39, 0.29) is 17.5 Å². The molecule has 2 atom stereocenters. The minimum atomic E-state index is -0.504. The van der Waals surface area contributed by atoms with Crippen LogP contribution >= 0.6 is 0 Å². The Hall–Kier alpha value is -2.76. The number of piperidine rings is 1. The van der Waals surface area contributed by atoms with Crippen molar-refractivity contribution < 1.29 is 13.9 Å². The van der Waals surface area contributed by atoms with E-state index < -0.39 is 5.82 Å². The largest absolute Gasteiger partial charge is 0.474 e. The Morgan fingerprint density at radius 1 is 1.30 bits per heavy atom. The maximum Gasteiger partial charge on any atom is 0.221 e. The van der Waals surface area contributed by atoms with E-state index in [1.165, 1.54) is 18.5 Å². The molecule has 0 spiro atoms. The minimum absolute atomic E-state index is 0.0567. The standard InChI is InChI=1S/C19H20FN5O2/c1-11-18(25-17-4-3-12(21-2)7-16(17)20)22-10-23-19(11)27-15-5-13-8-26-9-14(6-15)24-13/h3-4,7,10,13-15,24H,5-6,8-9H2,1H3,(H,22,23,25). The summed E-state index contributed by atoms with van der Waals surface area (Å²) in [6.07, 6.45) is 3.17. The number of benzene rings is 1. The van der Waals surface area contributed by atoms with Crippen LogP contribution in [0.25, 0.3) is 4.85 Å². The molecule has 2 unspecified atom stereocenters. The van der Waals surface area contributed by atoms with Gasteiger partial charge in [0.15, 0.2) is 5.69 Å². The zero-order valence-electron chi connectivity index (χ0n) is 14.9. The Kier molecular flexibility index (Phi) is 4.88. The molecule has 3 heterocycles. The maximum atomic E-state index is 14.2. The lowest BCUT2D eigenvalue weighted by atomic mass is 9.95. The summed E-state index contributed by atoms with van der Waals surface area (Å²) in [6.45, 7) is 10.2. The molecule has 2 aliphatic rings. The number of hydrogen-bond donors (Lipinski definition) is 2. The first kappa shape index (κ1) is 17.6. The third kappa shape index (κ3) is 3.84. The third-order valence-corrected chi connectivity index (χ3v) is 4.86. The van der Waals surface area contributed by atoms with Gasteiger partial charge in [-0.05, 0) is 19.1 Å². The van der Waals surface area contributed by atoms with Gasteiger partial charge in [-0.1, -0.05) is 6.07 Å². The fourth-order valence-corrected chi connectivity index (χ4v) is 3.52. The van der Waals surface area contributed by atoms with E-state index in [1.807, 2.05) is 6.92 Å². The molecule has 2 aromatic rings. The zero-order valence-corrected chi connectivity index (χ0v) is 14.9. The average molecular weight is 369 g/mol. The average Bonchev–Trinajstić information content (AvgIpc) is 2.66. The molecule has 8 heteroatoms. The van der Waals surface area contributed by atoms with Gasteiger partial charge in [0.25, 0.3) is 0 Å². The van der Waals surface area contributed by atoms with Crippen LogP contribution in [0, 0.1) is 19.3 Å². The molecule has 140 valence electrons. The second kappa shape index (κ2) is 7.47. The van der Waals surface area contributed by atoms with Gasteiger partial charge in [-0.25, -0.2) is 19.2 Å². The van der Waals surface area contributed by atoms with Gasteiger partial charge < -0.3 is 20.1 Å². The molecular formula is C19H20FN5O2. The highest BCUT2D eigenvalue weighted by atomic mass is 19.1. The van der Waals surface area contributed by atoms with Crippen LogP contribution in [0.15, 0.2) is 24.5 Å². The summed E-state index contributed by atoms with van der Waals surface area (Å²) >= 11 is 0. The SMILES string of the molecule is [C-]#[N+]c1ccc(Nc2ncnc(OC3CC4COCC(C3)N4)c2C)c(F)c1. The molecule has 2 fully saturated rings. The van der Waals surface area contributed by atoms with Gasteiger partial charge in [-0.3, -0.25) is 0 Å². The molecule has 27 heavy (non-hydrogen) atoms. The minimum Gasteiger partial charge on any atom is -0.474 e. The van der Waals surface area contributed by atoms with Crippen LogP contribution in [0.4, 0.5) is 21.6 Å². The number of morpholine rings is 1. The molecule has 1 aromatic carbocycles. The number of halogens is 1. The molecule has 7 nitrogen and oxygen atoms in total. The third-order valence-electron chi connectivity index (χ3n) is 4.86. The van der Waals surface area contributed by atoms with E-state index in [0.29, 0.717) is 42.6 Å². The van der Waals surface area contributed by atoms with Gasteiger partial charge in [0.2, 0.25) is 5.88 Å². The van der Waals surface area contributed by atoms with Crippen molar-refractivity contribution in [1.82, 2.24) is 15.3 Å². The van der Waals surface area contributed by atoms with E-state index in [2.05, 4.69) is 25.4 Å². The zero-order chi connectivity index (χ0) is 18.8. The van der Waals surface area contributed by atoms with E-state index in [4.69, 9.17) is 16.0 Å². The number of nitrogens with one attached hydrogen (secondary N) is 2. The van der Waals surface area contributed by atoms with Gasteiger partial charge in [0, 0.05) is 24.9 Å². The lowest BCUT2D eigenvalue weighted by Crippen LogP contribution is -2.56. The number of rotatable bonds is 4. The van der Waals surface area contributed by atoms with Crippen LogP contribution < -0.4 is 15.4 Å². The summed E-state index contributed by atoms with van der Waals surface area (Å²) in [6, 6.07) is 4.88. The molecule has 2 saturated heterocycles. The Bertz CT molecular complexity index is 873. The number of fused-ring (bicyclic) bond motifs is 2. The van der Waals surface area contributed by atoms with Crippen molar-refractivity contribution in [3.05, 3.63) is 47.3 Å². The highest BCUT2D eigenvalue weighted by Crippen LogP contribution is 2.29. The monoisotopic (exact) mass is 369 g/mol.